The number of anilines is 2. The molecule has 0 bridgehead atoms. The summed E-state index contributed by atoms with van der Waals surface area (Å²) in [5.41, 5.74) is 5.64. The van der Waals surface area contributed by atoms with Crippen LogP contribution in [0.15, 0.2) is 24.3 Å². The van der Waals surface area contributed by atoms with Crippen molar-refractivity contribution >= 4 is 34.5 Å². The zero-order chi connectivity index (χ0) is 21.1. The van der Waals surface area contributed by atoms with Gasteiger partial charge in [0, 0.05) is 37.4 Å². The SMILES string of the molecule is COc1nc(C)c(C(C)=O)cc1NC(=S)N1CCN(c2cc(C)cc(C)c2)CC1. The number of ether oxygens (including phenoxy) is 1. The van der Waals surface area contributed by atoms with Crippen LogP contribution in [0.3, 0.4) is 0 Å². The van der Waals surface area contributed by atoms with Crippen molar-refractivity contribution in [2.24, 2.45) is 0 Å². The van der Waals surface area contributed by atoms with E-state index in [1.54, 1.807) is 20.1 Å². The number of thiocarbonyl (C=S) groups is 1. The van der Waals surface area contributed by atoms with Crippen LogP contribution < -0.4 is 15.0 Å². The summed E-state index contributed by atoms with van der Waals surface area (Å²) in [6.07, 6.45) is 0. The molecular formula is C22H28N4O2S. The molecule has 0 aliphatic carbocycles. The van der Waals surface area contributed by atoms with Crippen molar-refractivity contribution in [3.8, 4) is 5.88 Å². The molecule has 1 aromatic heterocycles. The number of nitrogens with zero attached hydrogens (tertiary/aromatic N) is 3. The molecule has 0 radical (unpaired) electrons. The second-order valence-corrected chi connectivity index (χ2v) is 7.87. The van der Waals surface area contributed by atoms with E-state index in [4.69, 9.17) is 17.0 Å². The summed E-state index contributed by atoms with van der Waals surface area (Å²) >= 11 is 5.63. The number of pyridine rings is 1. The summed E-state index contributed by atoms with van der Waals surface area (Å²) in [6.45, 7) is 11.0. The number of hydrogen-bond acceptors (Lipinski definition) is 5. The van der Waals surface area contributed by atoms with Crippen LogP contribution in [0.1, 0.15) is 34.1 Å². The highest BCUT2D eigenvalue weighted by atomic mass is 32.1. The minimum absolute atomic E-state index is 0.0336. The van der Waals surface area contributed by atoms with Gasteiger partial charge in [-0.3, -0.25) is 4.79 Å². The molecule has 1 aliphatic rings. The van der Waals surface area contributed by atoms with Gasteiger partial charge >= 0.3 is 0 Å². The summed E-state index contributed by atoms with van der Waals surface area (Å²) in [4.78, 5) is 20.8. The van der Waals surface area contributed by atoms with Gasteiger partial charge in [-0.1, -0.05) is 6.07 Å². The van der Waals surface area contributed by atoms with Crippen LogP contribution in [0.25, 0.3) is 0 Å². The first-order valence-electron chi connectivity index (χ1n) is 9.74. The van der Waals surface area contributed by atoms with E-state index in [0.29, 0.717) is 27.9 Å². The Bertz CT molecular complexity index is 916. The van der Waals surface area contributed by atoms with Crippen LogP contribution in [-0.4, -0.2) is 54.1 Å². The van der Waals surface area contributed by atoms with Gasteiger partial charge < -0.3 is 19.9 Å². The Kier molecular flexibility index (Phi) is 6.37. The number of benzene rings is 1. The lowest BCUT2D eigenvalue weighted by Gasteiger charge is -2.37. The number of methoxy groups -OCH3 is 1. The fraction of sp³-hybridized carbons (Fsp3) is 0.409. The van der Waals surface area contributed by atoms with Gasteiger partial charge in [-0.05, 0) is 69.2 Å². The maximum atomic E-state index is 11.9. The van der Waals surface area contributed by atoms with Crippen molar-refractivity contribution in [3.63, 3.8) is 0 Å². The van der Waals surface area contributed by atoms with E-state index in [2.05, 4.69) is 52.1 Å². The third-order valence-corrected chi connectivity index (χ3v) is 5.49. The van der Waals surface area contributed by atoms with Crippen molar-refractivity contribution in [2.75, 3.05) is 43.5 Å². The normalized spacial score (nSPS) is 14.0. The molecule has 7 heteroatoms. The van der Waals surface area contributed by atoms with Gasteiger partial charge in [-0.15, -0.1) is 0 Å². The first-order chi connectivity index (χ1) is 13.8. The predicted molar refractivity (Wildman–Crippen MR) is 121 cm³/mol. The molecule has 1 aliphatic heterocycles. The molecule has 3 rings (SSSR count). The Morgan fingerprint density at radius 3 is 2.24 bits per heavy atom. The highest BCUT2D eigenvalue weighted by molar-refractivity contribution is 7.80. The fourth-order valence-electron chi connectivity index (χ4n) is 3.68. The molecule has 0 amide bonds. The second kappa shape index (κ2) is 8.78. The Hall–Kier alpha value is -2.67. The van der Waals surface area contributed by atoms with Crippen LogP contribution >= 0.6 is 12.2 Å². The van der Waals surface area contributed by atoms with E-state index in [1.807, 2.05) is 0 Å². The molecule has 1 fully saturated rings. The Balaban J connectivity index is 1.68. The monoisotopic (exact) mass is 412 g/mol. The van der Waals surface area contributed by atoms with E-state index in [-0.39, 0.29) is 5.78 Å². The first kappa shape index (κ1) is 21.0. The van der Waals surface area contributed by atoms with E-state index < -0.39 is 0 Å². The third-order valence-electron chi connectivity index (χ3n) is 5.13. The number of nitrogens with one attached hydrogen (secondary N) is 1. The number of Topliss-reactive ketones (excluding diaryl/α,β-unsaturated/α-hetero) is 1. The Morgan fingerprint density at radius 2 is 1.69 bits per heavy atom. The lowest BCUT2D eigenvalue weighted by Crippen LogP contribution is -2.50. The molecule has 154 valence electrons. The minimum Gasteiger partial charge on any atom is -0.480 e. The van der Waals surface area contributed by atoms with Gasteiger partial charge in [0.1, 0.15) is 5.69 Å². The maximum absolute atomic E-state index is 11.9. The molecule has 1 aromatic carbocycles. The number of carbonyl (C=O) groups is 1. The maximum Gasteiger partial charge on any atom is 0.237 e. The molecule has 1 saturated heterocycles. The summed E-state index contributed by atoms with van der Waals surface area (Å²) in [5, 5.41) is 3.84. The summed E-state index contributed by atoms with van der Waals surface area (Å²) in [7, 11) is 1.56. The number of piperazine rings is 1. The standard InChI is InChI=1S/C22H28N4O2S/c1-14-10-15(2)12-18(11-14)25-6-8-26(9-7-25)22(29)24-20-13-19(17(4)27)16(3)23-21(20)28-5/h10-13H,6-9H2,1-5H3,(H,24,29). The molecule has 2 aromatic rings. The van der Waals surface area contributed by atoms with Crippen molar-refractivity contribution in [1.82, 2.24) is 9.88 Å². The van der Waals surface area contributed by atoms with Crippen molar-refractivity contribution in [3.05, 3.63) is 46.6 Å². The summed E-state index contributed by atoms with van der Waals surface area (Å²) in [6, 6.07) is 8.41. The zero-order valence-electron chi connectivity index (χ0n) is 17.7. The van der Waals surface area contributed by atoms with Gasteiger partial charge in [0.25, 0.3) is 0 Å². The smallest absolute Gasteiger partial charge is 0.237 e. The summed E-state index contributed by atoms with van der Waals surface area (Å²) in [5.74, 6) is 0.400. The van der Waals surface area contributed by atoms with Gasteiger partial charge in [0.15, 0.2) is 10.9 Å². The van der Waals surface area contributed by atoms with Gasteiger partial charge in [0.05, 0.1) is 12.8 Å². The largest absolute Gasteiger partial charge is 0.480 e. The molecule has 1 N–H and O–H groups in total. The predicted octanol–water partition coefficient (Wildman–Crippen LogP) is 3.74. The number of hydrogen-bond donors (Lipinski definition) is 1. The van der Waals surface area contributed by atoms with Gasteiger partial charge in [-0.2, -0.15) is 0 Å². The second-order valence-electron chi connectivity index (χ2n) is 7.48. The lowest BCUT2D eigenvalue weighted by molar-refractivity contribution is 0.101. The van der Waals surface area contributed by atoms with Crippen LogP contribution in [-0.2, 0) is 0 Å². The van der Waals surface area contributed by atoms with Gasteiger partial charge in [0.2, 0.25) is 5.88 Å². The third kappa shape index (κ3) is 4.85. The number of ketones is 1. The number of carbonyl (C=O) groups excluding carboxylic acids is 1. The number of aryl methyl sites for hydroxylation is 3. The number of rotatable bonds is 4. The molecule has 0 unspecified atom stereocenters. The average molecular weight is 413 g/mol. The topological polar surface area (TPSA) is 57.7 Å². The average Bonchev–Trinajstić information content (AvgIpc) is 2.68. The lowest BCUT2D eigenvalue weighted by atomic mass is 10.1. The molecular weight excluding hydrogens is 384 g/mol. The zero-order valence-corrected chi connectivity index (χ0v) is 18.5. The van der Waals surface area contributed by atoms with Crippen molar-refractivity contribution < 1.29 is 9.53 Å². The Labute approximate surface area is 177 Å². The van der Waals surface area contributed by atoms with Crippen LogP contribution in [0.5, 0.6) is 5.88 Å². The molecule has 6 nitrogen and oxygen atoms in total. The molecule has 29 heavy (non-hydrogen) atoms. The highest BCUT2D eigenvalue weighted by Gasteiger charge is 2.21. The molecule has 2 heterocycles. The van der Waals surface area contributed by atoms with E-state index in [9.17, 15) is 4.79 Å². The number of aromatic nitrogens is 1. The summed E-state index contributed by atoms with van der Waals surface area (Å²) < 4.78 is 5.38. The molecule has 0 atom stereocenters. The van der Waals surface area contributed by atoms with E-state index >= 15 is 0 Å². The van der Waals surface area contributed by atoms with Crippen LogP contribution in [0.2, 0.25) is 0 Å². The first-order valence-corrected chi connectivity index (χ1v) is 10.1. The highest BCUT2D eigenvalue weighted by Crippen LogP contribution is 2.26. The Morgan fingerprint density at radius 1 is 1.07 bits per heavy atom. The van der Waals surface area contributed by atoms with Gasteiger partial charge in [-0.25, -0.2) is 4.98 Å². The molecule has 0 spiro atoms. The van der Waals surface area contributed by atoms with Crippen molar-refractivity contribution in [1.29, 1.82) is 0 Å². The fourth-order valence-corrected chi connectivity index (χ4v) is 3.97. The van der Waals surface area contributed by atoms with E-state index in [0.717, 1.165) is 26.2 Å². The van der Waals surface area contributed by atoms with Crippen LogP contribution in [0, 0.1) is 20.8 Å². The van der Waals surface area contributed by atoms with E-state index in [1.165, 1.54) is 23.7 Å². The molecule has 0 saturated carbocycles. The minimum atomic E-state index is -0.0336. The van der Waals surface area contributed by atoms with Crippen molar-refractivity contribution in [2.45, 2.75) is 27.7 Å². The quantitative estimate of drug-likeness (QED) is 0.606. The van der Waals surface area contributed by atoms with Crippen LogP contribution in [0.4, 0.5) is 11.4 Å².